The van der Waals surface area contributed by atoms with Crippen LogP contribution in [0.2, 0.25) is 0 Å². The Balaban J connectivity index is 4.24. The molecule has 0 saturated heterocycles. The van der Waals surface area contributed by atoms with Gasteiger partial charge in [-0.25, -0.2) is 4.79 Å². The van der Waals surface area contributed by atoms with Crippen LogP contribution in [0.4, 0.5) is 4.79 Å². The van der Waals surface area contributed by atoms with E-state index in [0.717, 1.165) is 19.6 Å². The minimum absolute atomic E-state index is 0.104. The molecule has 0 saturated carbocycles. The molecule has 76 valence electrons. The van der Waals surface area contributed by atoms with Gasteiger partial charge in [-0.2, -0.15) is 0 Å². The summed E-state index contributed by atoms with van der Waals surface area (Å²) in [5.74, 6) is 0. The minimum Gasteiger partial charge on any atom is -0.325 e. The monoisotopic (exact) mass is 184 g/mol. The Bertz CT molecular complexity index is 164. The molecule has 3 heteroatoms. The molecule has 0 aromatic rings. The molecule has 0 spiro atoms. The highest BCUT2D eigenvalue weighted by molar-refractivity contribution is 5.74. The van der Waals surface area contributed by atoms with E-state index >= 15 is 0 Å². The number of amides is 2. The minimum atomic E-state index is 0.104. The standard InChI is InChI=1S/C10H20N2O/c1-5-9-12(8-4)10(13)11(6-2)7-3/h5H,1,6-9H2,2-4H3. The maximum Gasteiger partial charge on any atom is 0.320 e. The molecule has 0 rings (SSSR count). The molecule has 0 unspecified atom stereocenters. The van der Waals surface area contributed by atoms with Crippen molar-refractivity contribution in [1.29, 1.82) is 0 Å². The van der Waals surface area contributed by atoms with E-state index in [4.69, 9.17) is 0 Å². The van der Waals surface area contributed by atoms with Gasteiger partial charge in [-0.15, -0.1) is 6.58 Å². The Kier molecular flexibility index (Phi) is 6.02. The van der Waals surface area contributed by atoms with Crippen molar-refractivity contribution in [3.8, 4) is 0 Å². The molecule has 0 aromatic carbocycles. The molecule has 0 aliphatic rings. The smallest absolute Gasteiger partial charge is 0.320 e. The van der Waals surface area contributed by atoms with Crippen molar-refractivity contribution >= 4 is 6.03 Å². The molecule has 0 radical (unpaired) electrons. The summed E-state index contributed by atoms with van der Waals surface area (Å²) in [4.78, 5) is 15.3. The number of hydrogen-bond acceptors (Lipinski definition) is 1. The zero-order valence-electron chi connectivity index (χ0n) is 8.92. The fraction of sp³-hybridized carbons (Fsp3) is 0.700. The summed E-state index contributed by atoms with van der Waals surface area (Å²) in [6.45, 7) is 12.5. The summed E-state index contributed by atoms with van der Waals surface area (Å²) < 4.78 is 0. The van der Waals surface area contributed by atoms with E-state index in [1.54, 1.807) is 11.0 Å². The predicted octanol–water partition coefficient (Wildman–Crippen LogP) is 1.96. The Morgan fingerprint density at radius 1 is 1.15 bits per heavy atom. The van der Waals surface area contributed by atoms with E-state index in [-0.39, 0.29) is 6.03 Å². The zero-order valence-corrected chi connectivity index (χ0v) is 8.92. The molecule has 0 heterocycles. The van der Waals surface area contributed by atoms with Crippen LogP contribution < -0.4 is 0 Å². The van der Waals surface area contributed by atoms with Gasteiger partial charge in [0.15, 0.2) is 0 Å². The van der Waals surface area contributed by atoms with Crippen LogP contribution >= 0.6 is 0 Å². The first-order valence-corrected chi connectivity index (χ1v) is 4.85. The number of urea groups is 1. The highest BCUT2D eigenvalue weighted by Gasteiger charge is 2.14. The van der Waals surface area contributed by atoms with Gasteiger partial charge in [0.25, 0.3) is 0 Å². The van der Waals surface area contributed by atoms with Crippen LogP contribution in [0.25, 0.3) is 0 Å². The second-order valence-electron chi connectivity index (χ2n) is 2.78. The van der Waals surface area contributed by atoms with Crippen LogP contribution in [0, 0.1) is 0 Å². The fourth-order valence-electron chi connectivity index (χ4n) is 1.19. The number of carbonyl (C=O) groups is 1. The lowest BCUT2D eigenvalue weighted by molar-refractivity contribution is 0.164. The summed E-state index contributed by atoms with van der Waals surface area (Å²) in [5.41, 5.74) is 0. The first-order valence-electron chi connectivity index (χ1n) is 4.85. The molecular weight excluding hydrogens is 164 g/mol. The SMILES string of the molecule is C=CCN(CC)C(=O)N(CC)CC. The predicted molar refractivity (Wildman–Crippen MR) is 55.8 cm³/mol. The number of rotatable bonds is 5. The van der Waals surface area contributed by atoms with Gasteiger partial charge in [0.2, 0.25) is 0 Å². The van der Waals surface area contributed by atoms with Crippen LogP contribution in [0.1, 0.15) is 20.8 Å². The van der Waals surface area contributed by atoms with Crippen LogP contribution in [0.15, 0.2) is 12.7 Å². The second-order valence-corrected chi connectivity index (χ2v) is 2.78. The van der Waals surface area contributed by atoms with Gasteiger partial charge in [-0.3, -0.25) is 0 Å². The number of nitrogens with zero attached hydrogens (tertiary/aromatic N) is 2. The molecule has 0 aromatic heterocycles. The number of hydrogen-bond donors (Lipinski definition) is 0. The third kappa shape index (κ3) is 3.49. The molecule has 0 fully saturated rings. The first kappa shape index (κ1) is 12.0. The maximum atomic E-state index is 11.7. The van der Waals surface area contributed by atoms with Crippen molar-refractivity contribution in [2.24, 2.45) is 0 Å². The molecular formula is C10H20N2O. The summed E-state index contributed by atoms with van der Waals surface area (Å²) in [6, 6.07) is 0.104. The average Bonchev–Trinajstić information content (AvgIpc) is 2.15. The van der Waals surface area contributed by atoms with Gasteiger partial charge in [0.05, 0.1) is 0 Å². The Labute approximate surface area is 81.0 Å². The van der Waals surface area contributed by atoms with Crippen LogP contribution in [-0.4, -0.2) is 42.0 Å². The summed E-state index contributed by atoms with van der Waals surface area (Å²) in [7, 11) is 0. The fourth-order valence-corrected chi connectivity index (χ4v) is 1.19. The number of likely N-dealkylation sites (N-methyl/N-ethyl adjacent to an activating group) is 1. The van der Waals surface area contributed by atoms with Crippen LogP contribution in [0.3, 0.4) is 0 Å². The maximum absolute atomic E-state index is 11.7. The Morgan fingerprint density at radius 2 is 1.62 bits per heavy atom. The third-order valence-corrected chi connectivity index (χ3v) is 2.04. The van der Waals surface area contributed by atoms with Crippen molar-refractivity contribution in [3.05, 3.63) is 12.7 Å². The van der Waals surface area contributed by atoms with Crippen molar-refractivity contribution in [1.82, 2.24) is 9.80 Å². The van der Waals surface area contributed by atoms with Gasteiger partial charge in [-0.05, 0) is 20.8 Å². The van der Waals surface area contributed by atoms with Crippen LogP contribution in [0.5, 0.6) is 0 Å². The average molecular weight is 184 g/mol. The Morgan fingerprint density at radius 3 is 1.92 bits per heavy atom. The summed E-state index contributed by atoms with van der Waals surface area (Å²) in [6.07, 6.45) is 1.75. The molecule has 3 nitrogen and oxygen atoms in total. The molecule has 0 aliphatic heterocycles. The molecule has 0 atom stereocenters. The van der Waals surface area contributed by atoms with Gasteiger partial charge < -0.3 is 9.80 Å². The zero-order chi connectivity index (χ0) is 10.3. The van der Waals surface area contributed by atoms with E-state index in [1.807, 2.05) is 25.7 Å². The topological polar surface area (TPSA) is 23.6 Å². The highest BCUT2D eigenvalue weighted by Crippen LogP contribution is 1.98. The van der Waals surface area contributed by atoms with E-state index < -0.39 is 0 Å². The first-order chi connectivity index (χ1) is 6.21. The van der Waals surface area contributed by atoms with E-state index in [1.165, 1.54) is 0 Å². The van der Waals surface area contributed by atoms with Crippen LogP contribution in [-0.2, 0) is 0 Å². The summed E-state index contributed by atoms with van der Waals surface area (Å²) in [5, 5.41) is 0. The van der Waals surface area contributed by atoms with E-state index in [2.05, 4.69) is 6.58 Å². The van der Waals surface area contributed by atoms with Crippen molar-refractivity contribution < 1.29 is 4.79 Å². The van der Waals surface area contributed by atoms with Gasteiger partial charge in [0.1, 0.15) is 0 Å². The molecule has 13 heavy (non-hydrogen) atoms. The molecule has 0 bridgehead atoms. The van der Waals surface area contributed by atoms with Crippen molar-refractivity contribution in [2.75, 3.05) is 26.2 Å². The van der Waals surface area contributed by atoms with Crippen molar-refractivity contribution in [3.63, 3.8) is 0 Å². The van der Waals surface area contributed by atoms with Crippen molar-refractivity contribution in [2.45, 2.75) is 20.8 Å². The third-order valence-electron chi connectivity index (χ3n) is 2.04. The molecule has 0 N–H and O–H groups in total. The largest absolute Gasteiger partial charge is 0.325 e. The number of carbonyl (C=O) groups excluding carboxylic acids is 1. The lowest BCUT2D eigenvalue weighted by Gasteiger charge is -2.27. The highest BCUT2D eigenvalue weighted by atomic mass is 16.2. The van der Waals surface area contributed by atoms with Gasteiger partial charge >= 0.3 is 6.03 Å². The Hall–Kier alpha value is -0.990. The lowest BCUT2D eigenvalue weighted by Crippen LogP contribution is -2.42. The van der Waals surface area contributed by atoms with Gasteiger partial charge in [0, 0.05) is 26.2 Å². The van der Waals surface area contributed by atoms with Gasteiger partial charge in [-0.1, -0.05) is 6.08 Å². The lowest BCUT2D eigenvalue weighted by atomic mass is 10.4. The quantitative estimate of drug-likeness (QED) is 0.599. The second kappa shape index (κ2) is 6.52. The molecule has 0 aliphatic carbocycles. The molecule has 2 amide bonds. The summed E-state index contributed by atoms with van der Waals surface area (Å²) >= 11 is 0. The van der Waals surface area contributed by atoms with E-state index in [0.29, 0.717) is 6.54 Å². The normalized spacial score (nSPS) is 9.46. The van der Waals surface area contributed by atoms with E-state index in [9.17, 15) is 4.79 Å².